The smallest absolute Gasteiger partial charge is 0.266 e. The molecule has 2 aromatic carbocycles. The van der Waals surface area contributed by atoms with E-state index in [1.807, 2.05) is 24.3 Å². The van der Waals surface area contributed by atoms with Crippen molar-refractivity contribution >= 4 is 17.3 Å². The number of amides is 1. The minimum atomic E-state index is -1.08. The molecule has 4 rings (SSSR count). The number of fused-ring (bicyclic) bond motifs is 1. The Morgan fingerprint density at radius 1 is 1.15 bits per heavy atom. The molecule has 1 fully saturated rings. The third-order valence-electron chi connectivity index (χ3n) is 4.78. The van der Waals surface area contributed by atoms with Crippen molar-refractivity contribution in [2.45, 2.75) is 25.1 Å². The molecule has 26 heavy (non-hydrogen) atoms. The predicted molar refractivity (Wildman–Crippen MR) is 97.8 cm³/mol. The van der Waals surface area contributed by atoms with Gasteiger partial charge in [0.1, 0.15) is 5.82 Å². The van der Waals surface area contributed by atoms with Crippen LogP contribution in [0.3, 0.4) is 0 Å². The molecule has 5 nitrogen and oxygen atoms in total. The summed E-state index contributed by atoms with van der Waals surface area (Å²) in [7, 11) is 0. The van der Waals surface area contributed by atoms with Crippen molar-refractivity contribution in [3.05, 3.63) is 65.5 Å². The zero-order valence-corrected chi connectivity index (χ0v) is 14.3. The first-order valence-corrected chi connectivity index (χ1v) is 8.76. The van der Waals surface area contributed by atoms with Crippen molar-refractivity contribution in [2.75, 3.05) is 18.1 Å². The fourth-order valence-corrected chi connectivity index (χ4v) is 3.50. The van der Waals surface area contributed by atoms with Gasteiger partial charge in [0, 0.05) is 17.7 Å². The third kappa shape index (κ3) is 3.02. The van der Waals surface area contributed by atoms with Crippen LogP contribution in [0.25, 0.3) is 0 Å². The Kier molecular flexibility index (Phi) is 4.53. The molecule has 0 bridgehead atoms. The summed E-state index contributed by atoms with van der Waals surface area (Å²) in [6.07, 6.45) is 0.784. The van der Waals surface area contributed by atoms with Gasteiger partial charge in [0.05, 0.1) is 24.0 Å². The van der Waals surface area contributed by atoms with Gasteiger partial charge in [0.25, 0.3) is 5.91 Å². The molecule has 2 heterocycles. The second kappa shape index (κ2) is 6.97. The van der Waals surface area contributed by atoms with E-state index in [4.69, 9.17) is 10.5 Å². The molecule has 0 saturated carbocycles. The average molecular weight is 353 g/mol. The lowest BCUT2D eigenvalue weighted by atomic mass is 9.99. The summed E-state index contributed by atoms with van der Waals surface area (Å²) < 4.78 is 20.1. The number of benzodiazepines with no additional fused rings is 1. The Bertz CT molecular complexity index is 862. The van der Waals surface area contributed by atoms with E-state index < -0.39 is 12.0 Å². The van der Waals surface area contributed by atoms with Crippen molar-refractivity contribution in [1.29, 1.82) is 0 Å². The predicted octanol–water partition coefficient (Wildman–Crippen LogP) is 2.47. The van der Waals surface area contributed by atoms with E-state index in [0.29, 0.717) is 35.7 Å². The molecule has 0 aliphatic carbocycles. The van der Waals surface area contributed by atoms with Gasteiger partial charge in [-0.3, -0.25) is 9.79 Å². The zero-order valence-electron chi connectivity index (χ0n) is 14.3. The van der Waals surface area contributed by atoms with Crippen molar-refractivity contribution in [3.8, 4) is 0 Å². The van der Waals surface area contributed by atoms with E-state index >= 15 is 0 Å². The lowest BCUT2D eigenvalue weighted by Gasteiger charge is -2.26. The third-order valence-corrected chi connectivity index (χ3v) is 4.78. The van der Waals surface area contributed by atoms with E-state index in [1.165, 1.54) is 6.07 Å². The number of benzene rings is 2. The molecule has 0 radical (unpaired) electrons. The van der Waals surface area contributed by atoms with Gasteiger partial charge in [-0.1, -0.05) is 30.3 Å². The fraction of sp³-hybridized carbons (Fsp3) is 0.300. The molecule has 1 saturated heterocycles. The number of ether oxygens (including phenoxy) is 1. The Morgan fingerprint density at radius 3 is 2.62 bits per heavy atom. The molecular formula is C20H20FN3O2. The highest BCUT2D eigenvalue weighted by atomic mass is 19.1. The average Bonchev–Trinajstić information content (AvgIpc) is 3.14. The monoisotopic (exact) mass is 353 g/mol. The molecular weight excluding hydrogens is 333 g/mol. The molecule has 1 amide bonds. The van der Waals surface area contributed by atoms with Crippen LogP contribution in [0.1, 0.15) is 24.0 Å². The second-order valence-corrected chi connectivity index (χ2v) is 6.50. The SMILES string of the molecule is NC1N=C(c2ccccc2F)c2ccccc2N(CC2CCCO2)C1=O. The summed E-state index contributed by atoms with van der Waals surface area (Å²) in [5.41, 5.74) is 8.17. The first-order chi connectivity index (χ1) is 12.6. The largest absolute Gasteiger partial charge is 0.376 e. The van der Waals surface area contributed by atoms with Crippen LogP contribution in [-0.2, 0) is 9.53 Å². The van der Waals surface area contributed by atoms with Crippen molar-refractivity contribution in [3.63, 3.8) is 0 Å². The standard InChI is InChI=1S/C20H20FN3O2/c21-16-9-3-1-7-14(16)18-15-8-2-4-10-17(15)24(20(25)19(22)23-18)12-13-6-5-11-26-13/h1-4,7-10,13,19H,5-6,11-12,22H2. The summed E-state index contributed by atoms with van der Waals surface area (Å²) in [4.78, 5) is 18.9. The molecule has 2 N–H and O–H groups in total. The number of nitrogens with two attached hydrogens (primary N) is 1. The minimum absolute atomic E-state index is 0.0192. The van der Waals surface area contributed by atoms with E-state index in [0.717, 1.165) is 12.8 Å². The second-order valence-electron chi connectivity index (χ2n) is 6.50. The number of para-hydroxylation sites is 1. The number of aliphatic imine (C=N–C) groups is 1. The lowest BCUT2D eigenvalue weighted by Crippen LogP contribution is -2.45. The summed E-state index contributed by atoms with van der Waals surface area (Å²) in [6.45, 7) is 1.13. The molecule has 0 spiro atoms. The highest BCUT2D eigenvalue weighted by Crippen LogP contribution is 2.29. The number of hydrogen-bond acceptors (Lipinski definition) is 4. The van der Waals surface area contributed by atoms with Crippen molar-refractivity contribution in [2.24, 2.45) is 10.7 Å². The van der Waals surface area contributed by atoms with Gasteiger partial charge in [0.2, 0.25) is 0 Å². The van der Waals surface area contributed by atoms with Crippen LogP contribution in [0.2, 0.25) is 0 Å². The first-order valence-electron chi connectivity index (χ1n) is 8.76. The molecule has 2 aliphatic heterocycles. The van der Waals surface area contributed by atoms with Crippen molar-refractivity contribution < 1.29 is 13.9 Å². The van der Waals surface area contributed by atoms with Gasteiger partial charge in [-0.05, 0) is 31.0 Å². The molecule has 134 valence electrons. The maximum Gasteiger partial charge on any atom is 0.266 e. The number of nitrogens with zero attached hydrogens (tertiary/aromatic N) is 2. The first kappa shape index (κ1) is 16.9. The van der Waals surface area contributed by atoms with Crippen LogP contribution in [-0.4, -0.2) is 37.0 Å². The molecule has 0 aromatic heterocycles. The molecule has 6 heteroatoms. The summed E-state index contributed by atoms with van der Waals surface area (Å²) in [5.74, 6) is -0.701. The number of hydrogen-bond donors (Lipinski definition) is 1. The van der Waals surface area contributed by atoms with E-state index in [1.54, 1.807) is 23.1 Å². The van der Waals surface area contributed by atoms with E-state index in [2.05, 4.69) is 4.99 Å². The Hall–Kier alpha value is -2.57. The van der Waals surface area contributed by atoms with E-state index in [-0.39, 0.29) is 12.0 Å². The number of carbonyl (C=O) groups is 1. The minimum Gasteiger partial charge on any atom is -0.376 e. The van der Waals surface area contributed by atoms with Crippen LogP contribution < -0.4 is 10.6 Å². The fourth-order valence-electron chi connectivity index (χ4n) is 3.50. The Labute approximate surface area is 151 Å². The highest BCUT2D eigenvalue weighted by Gasteiger charge is 2.32. The molecule has 2 unspecified atom stereocenters. The lowest BCUT2D eigenvalue weighted by molar-refractivity contribution is -0.120. The van der Waals surface area contributed by atoms with E-state index in [9.17, 15) is 9.18 Å². The summed E-state index contributed by atoms with van der Waals surface area (Å²) >= 11 is 0. The van der Waals surface area contributed by atoms with Crippen LogP contribution >= 0.6 is 0 Å². The van der Waals surface area contributed by atoms with Crippen LogP contribution in [0, 0.1) is 5.82 Å². The summed E-state index contributed by atoms with van der Waals surface area (Å²) in [5, 5.41) is 0. The quantitative estimate of drug-likeness (QED) is 0.922. The number of halogens is 1. The van der Waals surface area contributed by atoms with Gasteiger partial charge in [-0.15, -0.1) is 0 Å². The van der Waals surface area contributed by atoms with Gasteiger partial charge in [-0.25, -0.2) is 4.39 Å². The normalized spacial score (nSPS) is 22.8. The maximum atomic E-state index is 14.4. The zero-order chi connectivity index (χ0) is 18.1. The molecule has 2 aromatic rings. The Balaban J connectivity index is 1.82. The molecule has 2 aliphatic rings. The highest BCUT2D eigenvalue weighted by molar-refractivity contribution is 6.20. The number of carbonyl (C=O) groups excluding carboxylic acids is 1. The number of anilines is 1. The van der Waals surface area contributed by atoms with Gasteiger partial charge in [-0.2, -0.15) is 0 Å². The van der Waals surface area contributed by atoms with Crippen molar-refractivity contribution in [1.82, 2.24) is 0 Å². The van der Waals surface area contributed by atoms with Crippen LogP contribution in [0.15, 0.2) is 53.5 Å². The van der Waals surface area contributed by atoms with Crippen LogP contribution in [0.5, 0.6) is 0 Å². The summed E-state index contributed by atoms with van der Waals surface area (Å²) in [6, 6.07) is 13.8. The Morgan fingerprint density at radius 2 is 1.88 bits per heavy atom. The maximum absolute atomic E-state index is 14.4. The van der Waals surface area contributed by atoms with Gasteiger partial charge in [0.15, 0.2) is 6.17 Å². The van der Waals surface area contributed by atoms with Crippen LogP contribution in [0.4, 0.5) is 10.1 Å². The van der Waals surface area contributed by atoms with Gasteiger partial charge >= 0.3 is 0 Å². The molecule has 2 atom stereocenters. The number of rotatable bonds is 3. The topological polar surface area (TPSA) is 67.9 Å². The van der Waals surface area contributed by atoms with Gasteiger partial charge < -0.3 is 15.4 Å².